The average Bonchev–Trinajstić information content (AvgIpc) is 2.20. The summed E-state index contributed by atoms with van der Waals surface area (Å²) in [6.07, 6.45) is 0.483. The number of rotatable bonds is 3. The van der Waals surface area contributed by atoms with Gasteiger partial charge in [-0.15, -0.1) is 11.8 Å². The highest BCUT2D eigenvalue weighted by Gasteiger charge is 2.19. The smallest absolute Gasteiger partial charge is 0.337 e. The van der Waals surface area contributed by atoms with Crippen LogP contribution in [-0.2, 0) is 4.79 Å². The average molecular weight is 226 g/mol. The van der Waals surface area contributed by atoms with Crippen LogP contribution in [0, 0.1) is 13.8 Å². The third-order valence-corrected chi connectivity index (χ3v) is 3.15. The van der Waals surface area contributed by atoms with E-state index in [1.807, 2.05) is 26.2 Å². The van der Waals surface area contributed by atoms with Crippen molar-refractivity contribution >= 4 is 17.7 Å². The quantitative estimate of drug-likeness (QED) is 0.775. The zero-order valence-corrected chi connectivity index (χ0v) is 9.76. The van der Waals surface area contributed by atoms with Crippen molar-refractivity contribution in [1.29, 1.82) is 0 Å². The molecule has 4 heteroatoms. The number of carbonyl (C=O) groups is 1. The number of hydrogen-bond donors (Lipinski definition) is 2. The fourth-order valence-corrected chi connectivity index (χ4v) is 1.93. The first-order chi connectivity index (χ1) is 6.97. The van der Waals surface area contributed by atoms with Gasteiger partial charge < -0.3 is 10.2 Å². The minimum Gasteiger partial charge on any atom is -0.479 e. The Morgan fingerprint density at radius 2 is 2.00 bits per heavy atom. The maximum Gasteiger partial charge on any atom is 0.337 e. The van der Waals surface area contributed by atoms with Crippen molar-refractivity contribution in [3.05, 3.63) is 28.8 Å². The van der Waals surface area contributed by atoms with Crippen molar-refractivity contribution in [1.82, 2.24) is 0 Å². The summed E-state index contributed by atoms with van der Waals surface area (Å²) in [4.78, 5) is 11.7. The van der Waals surface area contributed by atoms with Crippen LogP contribution in [0.4, 0.5) is 0 Å². The van der Waals surface area contributed by atoms with Gasteiger partial charge in [-0.05, 0) is 48.9 Å². The minimum absolute atomic E-state index is 0.479. The molecule has 1 unspecified atom stereocenters. The van der Waals surface area contributed by atoms with Gasteiger partial charge in [0.1, 0.15) is 0 Å². The van der Waals surface area contributed by atoms with Crippen LogP contribution >= 0.6 is 11.8 Å². The maximum atomic E-state index is 10.7. The van der Waals surface area contributed by atoms with Gasteiger partial charge in [-0.1, -0.05) is 0 Å². The Hall–Kier alpha value is -1.00. The van der Waals surface area contributed by atoms with E-state index in [2.05, 4.69) is 0 Å². The summed E-state index contributed by atoms with van der Waals surface area (Å²) in [5.74, 6) is -1.21. The molecule has 0 aromatic heterocycles. The zero-order valence-electron chi connectivity index (χ0n) is 8.94. The normalized spacial score (nSPS) is 12.5. The van der Waals surface area contributed by atoms with E-state index in [1.165, 1.54) is 11.8 Å². The lowest BCUT2D eigenvalue weighted by Crippen LogP contribution is -2.12. The van der Waals surface area contributed by atoms with E-state index in [1.54, 1.807) is 6.07 Å². The van der Waals surface area contributed by atoms with Crippen LogP contribution in [0.1, 0.15) is 22.8 Å². The zero-order chi connectivity index (χ0) is 11.6. The lowest BCUT2D eigenvalue weighted by Gasteiger charge is -2.13. The molecule has 0 heterocycles. The van der Waals surface area contributed by atoms with Crippen molar-refractivity contribution in [3.8, 4) is 0 Å². The van der Waals surface area contributed by atoms with Crippen LogP contribution in [-0.4, -0.2) is 22.4 Å². The molecule has 1 aromatic carbocycles. The number of thioether (sulfide) groups is 1. The van der Waals surface area contributed by atoms with Gasteiger partial charge in [-0.2, -0.15) is 0 Å². The molecule has 0 saturated heterocycles. The molecule has 0 saturated carbocycles. The molecule has 1 atom stereocenters. The predicted octanol–water partition coefficient (Wildman–Crippen LogP) is 2.14. The fraction of sp³-hybridized carbons (Fsp3) is 0.364. The number of aliphatic hydroxyl groups excluding tert-OH is 1. The molecule has 1 aromatic rings. The molecule has 82 valence electrons. The lowest BCUT2D eigenvalue weighted by molar-refractivity contribution is -0.147. The summed E-state index contributed by atoms with van der Waals surface area (Å²) in [7, 11) is 0. The molecule has 0 fully saturated rings. The maximum absolute atomic E-state index is 10.7. The van der Waals surface area contributed by atoms with Gasteiger partial charge in [-0.3, -0.25) is 0 Å². The third kappa shape index (κ3) is 2.52. The van der Waals surface area contributed by atoms with Gasteiger partial charge in [0.15, 0.2) is 6.10 Å². The fourth-order valence-electron chi connectivity index (χ4n) is 1.39. The first kappa shape index (κ1) is 12.1. The molecule has 0 aliphatic heterocycles. The molecule has 0 spiro atoms. The largest absolute Gasteiger partial charge is 0.479 e. The minimum atomic E-state index is -1.43. The topological polar surface area (TPSA) is 57.5 Å². The van der Waals surface area contributed by atoms with Crippen LogP contribution in [0.25, 0.3) is 0 Å². The highest BCUT2D eigenvalue weighted by Crippen LogP contribution is 2.27. The van der Waals surface area contributed by atoms with E-state index in [0.717, 1.165) is 16.0 Å². The number of benzene rings is 1. The van der Waals surface area contributed by atoms with Gasteiger partial charge >= 0.3 is 5.97 Å². The summed E-state index contributed by atoms with van der Waals surface area (Å²) in [6.45, 7) is 3.73. The lowest BCUT2D eigenvalue weighted by atomic mass is 9.99. The monoisotopic (exact) mass is 226 g/mol. The highest BCUT2D eigenvalue weighted by atomic mass is 32.2. The summed E-state index contributed by atoms with van der Waals surface area (Å²) in [5.41, 5.74) is 2.31. The number of carboxylic acid groups (broad SMARTS) is 1. The Balaban J connectivity index is 3.27. The third-order valence-electron chi connectivity index (χ3n) is 2.45. The molecule has 1 rings (SSSR count). The van der Waals surface area contributed by atoms with Gasteiger partial charge in [-0.25, -0.2) is 4.79 Å². The van der Waals surface area contributed by atoms with Crippen LogP contribution in [0.5, 0.6) is 0 Å². The summed E-state index contributed by atoms with van der Waals surface area (Å²) < 4.78 is 0. The molecule has 3 nitrogen and oxygen atoms in total. The number of aryl methyl sites for hydroxylation is 1. The Bertz CT molecular complexity index is 388. The van der Waals surface area contributed by atoms with Crippen LogP contribution in [0.15, 0.2) is 17.0 Å². The van der Waals surface area contributed by atoms with Gasteiger partial charge in [0.25, 0.3) is 0 Å². The van der Waals surface area contributed by atoms with Crippen molar-refractivity contribution in [2.24, 2.45) is 0 Å². The first-order valence-electron chi connectivity index (χ1n) is 4.53. The van der Waals surface area contributed by atoms with E-state index in [4.69, 9.17) is 5.11 Å². The predicted molar refractivity (Wildman–Crippen MR) is 60.3 cm³/mol. The van der Waals surface area contributed by atoms with E-state index < -0.39 is 12.1 Å². The second-order valence-corrected chi connectivity index (χ2v) is 4.28. The van der Waals surface area contributed by atoms with Crippen molar-refractivity contribution in [2.75, 3.05) is 6.26 Å². The second-order valence-electron chi connectivity index (χ2n) is 3.40. The van der Waals surface area contributed by atoms with E-state index >= 15 is 0 Å². The number of carboxylic acids is 1. The van der Waals surface area contributed by atoms with Gasteiger partial charge in [0.05, 0.1) is 0 Å². The molecule has 0 aliphatic carbocycles. The molecule has 15 heavy (non-hydrogen) atoms. The van der Waals surface area contributed by atoms with Crippen LogP contribution in [0.3, 0.4) is 0 Å². The molecule has 0 amide bonds. The molecule has 2 N–H and O–H groups in total. The van der Waals surface area contributed by atoms with E-state index in [9.17, 15) is 9.90 Å². The first-order valence-corrected chi connectivity index (χ1v) is 5.76. The van der Waals surface area contributed by atoms with Crippen molar-refractivity contribution in [2.45, 2.75) is 24.8 Å². The molecule has 0 bridgehead atoms. The Morgan fingerprint density at radius 1 is 1.40 bits per heavy atom. The number of hydrogen-bond acceptors (Lipinski definition) is 3. The standard InChI is InChI=1S/C11H14O3S/c1-6-4-8(15-3)5-9(7(6)2)10(12)11(13)14/h4-5,10,12H,1-3H3,(H,13,14). The van der Waals surface area contributed by atoms with E-state index in [-0.39, 0.29) is 0 Å². The number of aliphatic hydroxyl groups is 1. The Labute approximate surface area is 93.1 Å². The summed E-state index contributed by atoms with van der Waals surface area (Å²) >= 11 is 1.53. The number of aliphatic carboxylic acids is 1. The second kappa shape index (κ2) is 4.68. The molecule has 0 radical (unpaired) electrons. The van der Waals surface area contributed by atoms with Gasteiger partial charge in [0.2, 0.25) is 0 Å². The SMILES string of the molecule is CSc1cc(C)c(C)c(C(O)C(=O)O)c1. The van der Waals surface area contributed by atoms with Crippen molar-refractivity contribution < 1.29 is 15.0 Å². The van der Waals surface area contributed by atoms with Crippen LogP contribution in [0.2, 0.25) is 0 Å². The van der Waals surface area contributed by atoms with E-state index in [0.29, 0.717) is 5.56 Å². The summed E-state index contributed by atoms with van der Waals surface area (Å²) in [5, 5.41) is 18.3. The summed E-state index contributed by atoms with van der Waals surface area (Å²) in [6, 6.07) is 3.71. The molecular weight excluding hydrogens is 212 g/mol. The molecular formula is C11H14O3S. The van der Waals surface area contributed by atoms with Crippen molar-refractivity contribution in [3.63, 3.8) is 0 Å². The Morgan fingerprint density at radius 3 is 2.47 bits per heavy atom. The molecule has 0 aliphatic rings. The highest BCUT2D eigenvalue weighted by molar-refractivity contribution is 7.98. The van der Waals surface area contributed by atoms with Gasteiger partial charge in [0, 0.05) is 4.90 Å². The van der Waals surface area contributed by atoms with Crippen LogP contribution < -0.4 is 0 Å². The Kier molecular flexibility index (Phi) is 3.77.